The second-order valence-corrected chi connectivity index (χ2v) is 5.66. The van der Waals surface area contributed by atoms with Crippen LogP contribution in [0.25, 0.3) is 0 Å². The van der Waals surface area contributed by atoms with E-state index in [0.29, 0.717) is 6.04 Å². The van der Waals surface area contributed by atoms with Crippen LogP contribution in [0.15, 0.2) is 18.2 Å². The molecule has 4 nitrogen and oxygen atoms in total. The normalized spacial score (nSPS) is 23.7. The lowest BCUT2D eigenvalue weighted by Crippen LogP contribution is -2.19. The van der Waals surface area contributed by atoms with Crippen LogP contribution in [0, 0.1) is 23.0 Å². The molecule has 0 bridgehead atoms. The summed E-state index contributed by atoms with van der Waals surface area (Å²) in [5.41, 5.74) is 1.85. The zero-order valence-corrected chi connectivity index (χ0v) is 11.7. The first kappa shape index (κ1) is 13.8. The first-order valence-corrected chi connectivity index (χ1v) is 7.08. The molecule has 0 radical (unpaired) electrons. The topological polar surface area (TPSA) is 55.2 Å². The minimum atomic E-state index is -0.310. The summed E-state index contributed by atoms with van der Waals surface area (Å²) in [6, 6.07) is 5.71. The van der Waals surface area contributed by atoms with Crippen LogP contribution in [0.1, 0.15) is 44.6 Å². The maximum absolute atomic E-state index is 10.9. The van der Waals surface area contributed by atoms with Crippen LogP contribution in [0.3, 0.4) is 0 Å². The van der Waals surface area contributed by atoms with Crippen LogP contribution in [-0.4, -0.2) is 11.0 Å². The van der Waals surface area contributed by atoms with Crippen LogP contribution in [0.4, 0.5) is 11.4 Å². The van der Waals surface area contributed by atoms with Gasteiger partial charge >= 0.3 is 0 Å². The molecule has 2 rings (SSSR count). The molecule has 0 aliphatic heterocycles. The Morgan fingerprint density at radius 2 is 2.05 bits per heavy atom. The zero-order valence-electron chi connectivity index (χ0n) is 11.7. The Balaban J connectivity index is 2.10. The largest absolute Gasteiger partial charge is 0.382 e. The maximum atomic E-state index is 10.9. The molecule has 0 heterocycles. The molecule has 1 fully saturated rings. The summed E-state index contributed by atoms with van der Waals surface area (Å²) in [5, 5.41) is 14.4. The van der Waals surface area contributed by atoms with Gasteiger partial charge in [0, 0.05) is 23.4 Å². The molecular formula is C15H22N2O2. The predicted octanol–water partition coefficient (Wildman–Crippen LogP) is 4.28. The van der Waals surface area contributed by atoms with Gasteiger partial charge in [0.1, 0.15) is 0 Å². The molecule has 19 heavy (non-hydrogen) atoms. The molecule has 1 aliphatic rings. The van der Waals surface area contributed by atoms with Gasteiger partial charge in [0.05, 0.1) is 4.92 Å². The fourth-order valence-corrected chi connectivity index (χ4v) is 2.83. The lowest BCUT2D eigenvalue weighted by atomic mass is 10.0. The highest BCUT2D eigenvalue weighted by molar-refractivity contribution is 5.60. The second kappa shape index (κ2) is 6.04. The lowest BCUT2D eigenvalue weighted by molar-refractivity contribution is -0.385. The molecule has 1 aromatic carbocycles. The molecule has 2 atom stereocenters. The van der Waals surface area contributed by atoms with E-state index in [9.17, 15) is 10.1 Å². The Morgan fingerprint density at radius 1 is 1.26 bits per heavy atom. The number of rotatable bonds is 3. The van der Waals surface area contributed by atoms with Crippen LogP contribution in [0.5, 0.6) is 0 Å². The van der Waals surface area contributed by atoms with Crippen LogP contribution in [0.2, 0.25) is 0 Å². The van der Waals surface area contributed by atoms with E-state index in [-0.39, 0.29) is 10.6 Å². The van der Waals surface area contributed by atoms with Gasteiger partial charge in [0.2, 0.25) is 0 Å². The predicted molar refractivity (Wildman–Crippen MR) is 77.5 cm³/mol. The van der Waals surface area contributed by atoms with Crippen molar-refractivity contribution in [1.82, 2.24) is 0 Å². The monoisotopic (exact) mass is 262 g/mol. The summed E-state index contributed by atoms with van der Waals surface area (Å²) in [4.78, 5) is 10.6. The van der Waals surface area contributed by atoms with Gasteiger partial charge in [-0.05, 0) is 38.2 Å². The van der Waals surface area contributed by atoms with E-state index in [1.807, 2.05) is 13.0 Å². The van der Waals surface area contributed by atoms with Crippen molar-refractivity contribution in [2.75, 3.05) is 5.32 Å². The number of nitro benzene ring substituents is 1. The van der Waals surface area contributed by atoms with Gasteiger partial charge in [0.25, 0.3) is 5.69 Å². The molecule has 4 heteroatoms. The van der Waals surface area contributed by atoms with Crippen molar-refractivity contribution < 1.29 is 4.92 Å². The van der Waals surface area contributed by atoms with Gasteiger partial charge in [-0.25, -0.2) is 0 Å². The molecule has 1 aliphatic carbocycles. The maximum Gasteiger partial charge on any atom is 0.274 e. The summed E-state index contributed by atoms with van der Waals surface area (Å²) >= 11 is 0. The smallest absolute Gasteiger partial charge is 0.274 e. The fourth-order valence-electron chi connectivity index (χ4n) is 2.83. The number of hydrogen-bond donors (Lipinski definition) is 1. The third-order valence-corrected chi connectivity index (χ3v) is 4.12. The van der Waals surface area contributed by atoms with E-state index in [0.717, 1.165) is 30.0 Å². The van der Waals surface area contributed by atoms with Crippen molar-refractivity contribution >= 4 is 11.4 Å². The van der Waals surface area contributed by atoms with Gasteiger partial charge in [0.15, 0.2) is 0 Å². The molecule has 0 saturated heterocycles. The molecular weight excluding hydrogens is 240 g/mol. The molecule has 0 spiro atoms. The second-order valence-electron chi connectivity index (χ2n) is 5.66. The molecule has 2 unspecified atom stereocenters. The minimum absolute atomic E-state index is 0.201. The van der Waals surface area contributed by atoms with Crippen LogP contribution in [-0.2, 0) is 0 Å². The zero-order chi connectivity index (χ0) is 13.8. The minimum Gasteiger partial charge on any atom is -0.382 e. The van der Waals surface area contributed by atoms with Gasteiger partial charge in [-0.1, -0.05) is 25.8 Å². The average molecular weight is 262 g/mol. The SMILES string of the molecule is Cc1c(NC2CCCC(C)CC2)cccc1[N+](=O)[O-]. The molecule has 0 aromatic heterocycles. The average Bonchev–Trinajstić information content (AvgIpc) is 2.57. The quantitative estimate of drug-likeness (QED) is 0.502. The third kappa shape index (κ3) is 3.46. The Hall–Kier alpha value is -1.58. The van der Waals surface area contributed by atoms with E-state index < -0.39 is 0 Å². The number of nitrogens with zero attached hydrogens (tertiary/aromatic N) is 1. The van der Waals surface area contributed by atoms with Gasteiger partial charge < -0.3 is 5.32 Å². The van der Waals surface area contributed by atoms with Crippen LogP contribution < -0.4 is 5.32 Å². The Morgan fingerprint density at radius 3 is 2.79 bits per heavy atom. The highest BCUT2D eigenvalue weighted by Gasteiger charge is 2.19. The molecule has 1 saturated carbocycles. The van der Waals surface area contributed by atoms with Gasteiger partial charge in [-0.3, -0.25) is 10.1 Å². The van der Waals surface area contributed by atoms with Crippen molar-refractivity contribution in [3.63, 3.8) is 0 Å². The number of nitro groups is 1. The molecule has 1 N–H and O–H groups in total. The van der Waals surface area contributed by atoms with E-state index in [2.05, 4.69) is 12.2 Å². The number of nitrogens with one attached hydrogen (secondary N) is 1. The summed E-state index contributed by atoms with van der Waals surface area (Å²) in [7, 11) is 0. The summed E-state index contributed by atoms with van der Waals surface area (Å²) < 4.78 is 0. The van der Waals surface area contributed by atoms with Crippen molar-refractivity contribution in [3.05, 3.63) is 33.9 Å². The van der Waals surface area contributed by atoms with Crippen molar-refractivity contribution in [2.24, 2.45) is 5.92 Å². The van der Waals surface area contributed by atoms with E-state index in [1.165, 1.54) is 19.3 Å². The van der Waals surface area contributed by atoms with E-state index in [4.69, 9.17) is 0 Å². The highest BCUT2D eigenvalue weighted by Crippen LogP contribution is 2.29. The molecule has 104 valence electrons. The molecule has 0 amide bonds. The van der Waals surface area contributed by atoms with E-state index >= 15 is 0 Å². The Kier molecular flexibility index (Phi) is 4.40. The fraction of sp³-hybridized carbons (Fsp3) is 0.600. The number of anilines is 1. The molecule has 1 aromatic rings. The first-order valence-electron chi connectivity index (χ1n) is 7.08. The Bertz CT molecular complexity index is 459. The first-order chi connectivity index (χ1) is 9.08. The van der Waals surface area contributed by atoms with Crippen molar-refractivity contribution in [2.45, 2.75) is 52.0 Å². The van der Waals surface area contributed by atoms with Crippen molar-refractivity contribution in [3.8, 4) is 0 Å². The summed E-state index contributed by atoms with van der Waals surface area (Å²) in [6.07, 6.45) is 6.10. The van der Waals surface area contributed by atoms with Gasteiger partial charge in [-0.2, -0.15) is 0 Å². The number of hydrogen-bond acceptors (Lipinski definition) is 3. The standard InChI is InChI=1S/C15H22N2O2/c1-11-5-3-6-13(10-9-11)16-14-7-4-8-15(12(14)2)17(18)19/h4,7-8,11,13,16H,3,5-6,9-10H2,1-2H3. The Labute approximate surface area is 114 Å². The lowest BCUT2D eigenvalue weighted by Gasteiger charge is -2.19. The summed E-state index contributed by atoms with van der Waals surface area (Å²) in [6.45, 7) is 4.13. The summed E-state index contributed by atoms with van der Waals surface area (Å²) in [5.74, 6) is 0.804. The van der Waals surface area contributed by atoms with Crippen molar-refractivity contribution in [1.29, 1.82) is 0 Å². The van der Waals surface area contributed by atoms with Crippen LogP contribution >= 0.6 is 0 Å². The number of benzene rings is 1. The van der Waals surface area contributed by atoms with E-state index in [1.54, 1.807) is 12.1 Å². The highest BCUT2D eigenvalue weighted by atomic mass is 16.6. The third-order valence-electron chi connectivity index (χ3n) is 4.12. The van der Waals surface area contributed by atoms with Gasteiger partial charge in [-0.15, -0.1) is 0 Å².